The Hall–Kier alpha value is -3.21. The third kappa shape index (κ3) is 6.14. The van der Waals surface area contributed by atoms with Crippen LogP contribution in [0.15, 0.2) is 62.5 Å². The first-order chi connectivity index (χ1) is 14.2. The quantitative estimate of drug-likeness (QED) is 0.397. The van der Waals surface area contributed by atoms with Crippen LogP contribution >= 0.6 is 15.9 Å². The minimum Gasteiger partial charge on any atom is -0.406 e. The molecule has 0 amide bonds. The zero-order chi connectivity index (χ0) is 21.7. The highest BCUT2D eigenvalue weighted by Crippen LogP contribution is 2.25. The summed E-state index contributed by atoms with van der Waals surface area (Å²) in [5.74, 6) is -0.134. The summed E-state index contributed by atoms with van der Waals surface area (Å²) in [6.07, 6.45) is -4.77. The van der Waals surface area contributed by atoms with Crippen molar-refractivity contribution in [2.75, 3.05) is 0 Å². The van der Waals surface area contributed by atoms with Gasteiger partial charge in [0.15, 0.2) is 0 Å². The molecule has 30 heavy (non-hydrogen) atoms. The number of benzene rings is 2. The van der Waals surface area contributed by atoms with E-state index in [1.165, 1.54) is 12.1 Å². The highest BCUT2D eigenvalue weighted by atomic mass is 79.9. The Labute approximate surface area is 177 Å². The van der Waals surface area contributed by atoms with Crippen LogP contribution in [0.5, 0.6) is 5.75 Å². The first kappa shape index (κ1) is 21.5. The fraction of sp³-hybridized carbons (Fsp3) is 0.158. The maximum Gasteiger partial charge on any atom is 0.573 e. The zero-order valence-electron chi connectivity index (χ0n) is 15.5. The van der Waals surface area contributed by atoms with Crippen LogP contribution in [0, 0.1) is 5.41 Å². The molecule has 0 radical (unpaired) electrons. The molecule has 3 aromatic rings. The molecule has 0 saturated heterocycles. The SMILES string of the molecule is C/C(=N/C(=N)c1nc(-c2ccc(OC(F)(F)F)cc2)no1)NCc1cccc(Br)c1. The molecule has 0 atom stereocenters. The van der Waals surface area contributed by atoms with Crippen LogP contribution in [0.1, 0.15) is 18.4 Å². The first-order valence-electron chi connectivity index (χ1n) is 8.52. The number of nitrogens with one attached hydrogen (secondary N) is 2. The molecule has 0 unspecified atom stereocenters. The predicted octanol–water partition coefficient (Wildman–Crippen LogP) is 4.93. The van der Waals surface area contributed by atoms with Gasteiger partial charge < -0.3 is 14.6 Å². The van der Waals surface area contributed by atoms with Gasteiger partial charge in [-0.2, -0.15) is 4.98 Å². The molecule has 2 aromatic carbocycles. The van der Waals surface area contributed by atoms with Crippen molar-refractivity contribution in [1.82, 2.24) is 15.5 Å². The highest BCUT2D eigenvalue weighted by molar-refractivity contribution is 9.10. The molecule has 0 fully saturated rings. The molecule has 0 spiro atoms. The van der Waals surface area contributed by atoms with Crippen LogP contribution in [0.3, 0.4) is 0 Å². The van der Waals surface area contributed by atoms with Gasteiger partial charge in [0, 0.05) is 16.6 Å². The summed E-state index contributed by atoms with van der Waals surface area (Å²) in [5.41, 5.74) is 1.43. The summed E-state index contributed by atoms with van der Waals surface area (Å²) < 4.78 is 46.5. The fourth-order valence-electron chi connectivity index (χ4n) is 2.37. The maximum atomic E-state index is 12.2. The number of hydrogen-bond acceptors (Lipinski definition) is 5. The molecule has 0 aliphatic carbocycles. The third-order valence-electron chi connectivity index (χ3n) is 3.69. The van der Waals surface area contributed by atoms with Crippen LogP contribution in [0.2, 0.25) is 0 Å². The van der Waals surface area contributed by atoms with Gasteiger partial charge in [0.2, 0.25) is 11.7 Å². The lowest BCUT2D eigenvalue weighted by atomic mass is 10.2. The molecule has 7 nitrogen and oxygen atoms in total. The molecule has 156 valence electrons. The lowest BCUT2D eigenvalue weighted by Gasteiger charge is -2.08. The van der Waals surface area contributed by atoms with Gasteiger partial charge in [-0.15, -0.1) is 13.2 Å². The van der Waals surface area contributed by atoms with Crippen molar-refractivity contribution >= 4 is 27.6 Å². The molecule has 0 bridgehead atoms. The molecule has 1 heterocycles. The average Bonchev–Trinajstić information content (AvgIpc) is 3.16. The molecule has 2 N–H and O–H groups in total. The van der Waals surface area contributed by atoms with Crippen LogP contribution in [-0.4, -0.2) is 28.2 Å². The summed E-state index contributed by atoms with van der Waals surface area (Å²) in [6, 6.07) is 12.7. The zero-order valence-corrected chi connectivity index (χ0v) is 17.1. The Kier molecular flexibility index (Phi) is 6.50. The van der Waals surface area contributed by atoms with Crippen molar-refractivity contribution < 1.29 is 22.4 Å². The summed E-state index contributed by atoms with van der Waals surface area (Å²) in [7, 11) is 0. The lowest BCUT2D eigenvalue weighted by Crippen LogP contribution is -2.21. The van der Waals surface area contributed by atoms with E-state index < -0.39 is 6.36 Å². The van der Waals surface area contributed by atoms with Gasteiger partial charge in [-0.25, -0.2) is 4.99 Å². The number of ether oxygens (including phenoxy) is 1. The Bertz CT molecular complexity index is 1060. The van der Waals surface area contributed by atoms with Crippen molar-refractivity contribution in [3.8, 4) is 17.1 Å². The van der Waals surface area contributed by atoms with Crippen molar-refractivity contribution in [2.24, 2.45) is 4.99 Å². The lowest BCUT2D eigenvalue weighted by molar-refractivity contribution is -0.274. The third-order valence-corrected chi connectivity index (χ3v) is 4.18. The molecule has 3 rings (SSSR count). The number of rotatable bonds is 5. The maximum absolute atomic E-state index is 12.2. The number of aliphatic imine (C=N–C) groups is 1. The molecule has 0 saturated carbocycles. The van der Waals surface area contributed by atoms with Crippen LogP contribution in [0.25, 0.3) is 11.4 Å². The number of alkyl halides is 3. The standard InChI is InChI=1S/C19H15BrF3N5O2/c1-11(25-10-12-3-2-4-14(20)9-12)26-16(24)18-27-17(28-30-18)13-5-7-15(8-6-13)29-19(21,22)23/h2-9H,10H2,1H3,(H2,24,25,26). The second-order valence-electron chi connectivity index (χ2n) is 6.02. The highest BCUT2D eigenvalue weighted by Gasteiger charge is 2.31. The number of halogens is 4. The van der Waals surface area contributed by atoms with E-state index in [2.05, 4.69) is 41.1 Å². The van der Waals surface area contributed by atoms with Gasteiger partial charge in [0.05, 0.1) is 0 Å². The van der Waals surface area contributed by atoms with Crippen molar-refractivity contribution in [3.63, 3.8) is 0 Å². The molecule has 11 heteroatoms. The van der Waals surface area contributed by atoms with E-state index in [0.29, 0.717) is 17.9 Å². The molecule has 0 aliphatic heterocycles. The van der Waals surface area contributed by atoms with Crippen molar-refractivity contribution in [2.45, 2.75) is 19.8 Å². The van der Waals surface area contributed by atoms with E-state index in [0.717, 1.165) is 22.2 Å². The smallest absolute Gasteiger partial charge is 0.406 e. The van der Waals surface area contributed by atoms with E-state index in [4.69, 9.17) is 9.93 Å². The van der Waals surface area contributed by atoms with E-state index in [9.17, 15) is 13.2 Å². The summed E-state index contributed by atoms with van der Waals surface area (Å²) in [5, 5.41) is 14.8. The second-order valence-corrected chi connectivity index (χ2v) is 6.94. The molecular formula is C19H15BrF3N5O2. The van der Waals surface area contributed by atoms with Crippen LogP contribution < -0.4 is 10.1 Å². The topological polar surface area (TPSA) is 96.4 Å². The van der Waals surface area contributed by atoms with Gasteiger partial charge >= 0.3 is 6.36 Å². The Morgan fingerprint density at radius 3 is 2.63 bits per heavy atom. The number of hydrogen-bond donors (Lipinski definition) is 2. The first-order valence-corrected chi connectivity index (χ1v) is 9.31. The van der Waals surface area contributed by atoms with Gasteiger partial charge in [0.25, 0.3) is 5.89 Å². The van der Waals surface area contributed by atoms with E-state index in [-0.39, 0.29) is 23.3 Å². The number of aromatic nitrogens is 2. The van der Waals surface area contributed by atoms with E-state index >= 15 is 0 Å². The van der Waals surface area contributed by atoms with Gasteiger partial charge in [-0.1, -0.05) is 33.2 Å². The minimum atomic E-state index is -4.77. The molecule has 1 aromatic heterocycles. The summed E-state index contributed by atoms with van der Waals surface area (Å²) in [4.78, 5) is 8.14. The second kappa shape index (κ2) is 9.08. The van der Waals surface area contributed by atoms with Crippen molar-refractivity contribution in [3.05, 3.63) is 64.5 Å². The largest absolute Gasteiger partial charge is 0.573 e. The Morgan fingerprint density at radius 1 is 1.23 bits per heavy atom. The van der Waals surface area contributed by atoms with Crippen LogP contribution in [0.4, 0.5) is 13.2 Å². The summed E-state index contributed by atoms with van der Waals surface area (Å²) in [6.45, 7) is 2.21. The predicted molar refractivity (Wildman–Crippen MR) is 107 cm³/mol. The van der Waals surface area contributed by atoms with Gasteiger partial charge in [-0.05, 0) is 48.9 Å². The normalized spacial score (nSPS) is 12.0. The Morgan fingerprint density at radius 2 is 1.97 bits per heavy atom. The van der Waals surface area contributed by atoms with Crippen LogP contribution in [-0.2, 0) is 6.54 Å². The van der Waals surface area contributed by atoms with E-state index in [1.807, 2.05) is 24.3 Å². The fourth-order valence-corrected chi connectivity index (χ4v) is 2.82. The molecular weight excluding hydrogens is 467 g/mol. The Balaban J connectivity index is 1.63. The van der Waals surface area contributed by atoms with E-state index in [1.54, 1.807) is 6.92 Å². The monoisotopic (exact) mass is 481 g/mol. The number of nitrogens with zero attached hydrogens (tertiary/aromatic N) is 3. The van der Waals surface area contributed by atoms with Crippen molar-refractivity contribution in [1.29, 1.82) is 5.41 Å². The number of amidine groups is 2. The van der Waals surface area contributed by atoms with Gasteiger partial charge in [0.1, 0.15) is 11.6 Å². The van der Waals surface area contributed by atoms with Gasteiger partial charge in [-0.3, -0.25) is 5.41 Å². The minimum absolute atomic E-state index is 0.114. The average molecular weight is 482 g/mol. The summed E-state index contributed by atoms with van der Waals surface area (Å²) >= 11 is 3.40. The molecule has 0 aliphatic rings.